The fourth-order valence-corrected chi connectivity index (χ4v) is 3.58. The van der Waals surface area contributed by atoms with Crippen molar-refractivity contribution < 1.29 is 5.11 Å². The van der Waals surface area contributed by atoms with E-state index >= 15 is 0 Å². The maximum Gasteiger partial charge on any atom is 0.152 e. The normalized spacial score (nSPS) is 14.9. The van der Waals surface area contributed by atoms with Crippen LogP contribution in [-0.2, 0) is 0 Å². The molecule has 1 fully saturated rings. The molecule has 9 nitrogen and oxygen atoms in total. The fourth-order valence-electron chi connectivity index (χ4n) is 3.58. The van der Waals surface area contributed by atoms with Gasteiger partial charge in [-0.25, -0.2) is 19.5 Å². The molecule has 1 saturated heterocycles. The van der Waals surface area contributed by atoms with Gasteiger partial charge in [0, 0.05) is 24.8 Å². The second-order valence-electron chi connectivity index (χ2n) is 7.11. The van der Waals surface area contributed by atoms with Crippen molar-refractivity contribution >= 4 is 11.3 Å². The topological polar surface area (TPSA) is 129 Å². The molecule has 0 spiro atoms. The number of nitrogen functional groups attached to an aromatic ring is 1. The number of benzene rings is 1. The van der Waals surface area contributed by atoms with Gasteiger partial charge in [0.05, 0.1) is 17.3 Å². The standard InChI is InChI=1S/C21H18N8O/c22-11-13-3-1-4-14(9-13)18-19(15-5-6-24-12-25-15)29-17(20(23)26-18)10-16(27-29)21(30)28-7-2-8-28/h1,3-6,9-10,12,21,30H,2,7-8H2,(H2,23,26). The molecule has 5 rings (SSSR count). The molecule has 4 aromatic rings. The van der Waals surface area contributed by atoms with Gasteiger partial charge in [0.1, 0.15) is 34.7 Å². The number of hydrogen-bond donors (Lipinski definition) is 2. The van der Waals surface area contributed by atoms with Gasteiger partial charge in [-0.15, -0.1) is 0 Å². The highest BCUT2D eigenvalue weighted by atomic mass is 16.3. The van der Waals surface area contributed by atoms with Gasteiger partial charge in [-0.1, -0.05) is 12.1 Å². The summed E-state index contributed by atoms with van der Waals surface area (Å²) in [7, 11) is 0. The predicted molar refractivity (Wildman–Crippen MR) is 110 cm³/mol. The lowest BCUT2D eigenvalue weighted by Gasteiger charge is -2.34. The van der Waals surface area contributed by atoms with E-state index in [0.29, 0.717) is 33.9 Å². The first-order chi connectivity index (χ1) is 14.7. The van der Waals surface area contributed by atoms with E-state index < -0.39 is 6.23 Å². The molecule has 0 amide bonds. The zero-order valence-electron chi connectivity index (χ0n) is 16.0. The van der Waals surface area contributed by atoms with E-state index in [-0.39, 0.29) is 5.82 Å². The van der Waals surface area contributed by atoms with Crippen LogP contribution < -0.4 is 5.73 Å². The monoisotopic (exact) mass is 398 g/mol. The minimum Gasteiger partial charge on any atom is -0.382 e. The molecule has 148 valence electrons. The van der Waals surface area contributed by atoms with Crippen LogP contribution in [0, 0.1) is 11.3 Å². The number of anilines is 1. The third-order valence-electron chi connectivity index (χ3n) is 5.25. The smallest absolute Gasteiger partial charge is 0.152 e. The zero-order chi connectivity index (χ0) is 20.7. The maximum absolute atomic E-state index is 10.7. The molecule has 30 heavy (non-hydrogen) atoms. The Morgan fingerprint density at radius 1 is 1.20 bits per heavy atom. The van der Waals surface area contributed by atoms with E-state index in [9.17, 15) is 10.4 Å². The van der Waals surface area contributed by atoms with Crippen molar-refractivity contribution in [2.24, 2.45) is 0 Å². The van der Waals surface area contributed by atoms with Crippen molar-refractivity contribution in [2.75, 3.05) is 18.8 Å². The second kappa shape index (κ2) is 7.18. The van der Waals surface area contributed by atoms with Crippen LogP contribution in [0.3, 0.4) is 0 Å². The number of nitrogens with two attached hydrogens (primary N) is 1. The molecule has 3 aromatic heterocycles. The third kappa shape index (κ3) is 2.95. The molecule has 1 atom stereocenters. The van der Waals surface area contributed by atoms with Crippen molar-refractivity contribution in [3.05, 3.63) is 60.2 Å². The van der Waals surface area contributed by atoms with Gasteiger partial charge in [-0.05, 0) is 30.7 Å². The molecule has 0 aliphatic carbocycles. The highest BCUT2D eigenvalue weighted by Gasteiger charge is 2.27. The summed E-state index contributed by atoms with van der Waals surface area (Å²) < 4.78 is 1.66. The molecular weight excluding hydrogens is 380 g/mol. The number of nitrogens with zero attached hydrogens (tertiary/aromatic N) is 7. The van der Waals surface area contributed by atoms with Crippen LogP contribution >= 0.6 is 0 Å². The summed E-state index contributed by atoms with van der Waals surface area (Å²) in [6.07, 6.45) is 3.34. The van der Waals surface area contributed by atoms with Crippen LogP contribution in [0.25, 0.3) is 28.2 Å². The predicted octanol–water partition coefficient (Wildman–Crippen LogP) is 2.00. The van der Waals surface area contributed by atoms with Gasteiger partial charge in [0.15, 0.2) is 6.23 Å². The summed E-state index contributed by atoms with van der Waals surface area (Å²) in [6.45, 7) is 1.65. The van der Waals surface area contributed by atoms with E-state index in [1.165, 1.54) is 6.33 Å². The first-order valence-electron chi connectivity index (χ1n) is 9.54. The van der Waals surface area contributed by atoms with Crippen molar-refractivity contribution in [3.8, 4) is 28.7 Å². The van der Waals surface area contributed by atoms with Crippen molar-refractivity contribution in [3.63, 3.8) is 0 Å². The number of likely N-dealkylation sites (tertiary alicyclic amines) is 1. The third-order valence-corrected chi connectivity index (χ3v) is 5.25. The molecule has 0 saturated carbocycles. The largest absolute Gasteiger partial charge is 0.382 e. The van der Waals surface area contributed by atoms with Gasteiger partial charge in [-0.3, -0.25) is 4.90 Å². The van der Waals surface area contributed by atoms with E-state index in [1.54, 1.807) is 41.0 Å². The first kappa shape index (κ1) is 18.2. The minimum atomic E-state index is -0.804. The summed E-state index contributed by atoms with van der Waals surface area (Å²) in [4.78, 5) is 14.9. The fraction of sp³-hybridized carbons (Fsp3) is 0.190. The number of aromatic nitrogens is 5. The van der Waals surface area contributed by atoms with Crippen LogP contribution in [0.2, 0.25) is 0 Å². The van der Waals surface area contributed by atoms with Crippen LogP contribution in [0.1, 0.15) is 23.9 Å². The van der Waals surface area contributed by atoms with Gasteiger partial charge >= 0.3 is 0 Å². The SMILES string of the molecule is N#Cc1cccc(-c2nc(N)c3cc(C(O)N4CCC4)nn3c2-c2ccncn2)c1. The van der Waals surface area contributed by atoms with E-state index in [2.05, 4.69) is 26.1 Å². The Morgan fingerprint density at radius 3 is 2.77 bits per heavy atom. The summed E-state index contributed by atoms with van der Waals surface area (Å²) >= 11 is 0. The molecule has 9 heteroatoms. The van der Waals surface area contributed by atoms with E-state index in [4.69, 9.17) is 5.73 Å². The highest BCUT2D eigenvalue weighted by Crippen LogP contribution is 2.34. The molecule has 3 N–H and O–H groups in total. The maximum atomic E-state index is 10.7. The Labute approximate surface area is 172 Å². The molecule has 0 bridgehead atoms. The summed E-state index contributed by atoms with van der Waals surface area (Å²) in [5.74, 6) is 0.278. The molecule has 1 aliphatic heterocycles. The van der Waals surface area contributed by atoms with E-state index in [1.807, 2.05) is 11.0 Å². The average molecular weight is 398 g/mol. The number of hydrogen-bond acceptors (Lipinski definition) is 8. The average Bonchev–Trinajstić information content (AvgIpc) is 3.19. The van der Waals surface area contributed by atoms with Crippen LogP contribution in [0.15, 0.2) is 48.9 Å². The molecule has 0 radical (unpaired) electrons. The van der Waals surface area contributed by atoms with E-state index in [0.717, 1.165) is 25.1 Å². The lowest BCUT2D eigenvalue weighted by Crippen LogP contribution is -2.40. The number of fused-ring (bicyclic) bond motifs is 1. The quantitative estimate of drug-likeness (QED) is 0.534. The zero-order valence-corrected chi connectivity index (χ0v) is 16.0. The summed E-state index contributed by atoms with van der Waals surface area (Å²) in [5.41, 5.74) is 10.4. The number of aliphatic hydroxyl groups is 1. The Kier molecular flexibility index (Phi) is 4.35. The summed E-state index contributed by atoms with van der Waals surface area (Å²) in [5, 5.41) is 24.6. The van der Waals surface area contributed by atoms with Crippen LogP contribution in [0.4, 0.5) is 5.82 Å². The molecule has 1 aliphatic rings. The Hall–Kier alpha value is -3.87. The van der Waals surface area contributed by atoms with Crippen molar-refractivity contribution in [1.29, 1.82) is 5.26 Å². The summed E-state index contributed by atoms with van der Waals surface area (Å²) in [6, 6.07) is 12.8. The van der Waals surface area contributed by atoms with Gasteiger partial charge in [0.2, 0.25) is 0 Å². The Morgan fingerprint density at radius 2 is 2.07 bits per heavy atom. The van der Waals surface area contributed by atoms with Crippen molar-refractivity contribution in [1.82, 2.24) is 29.5 Å². The first-order valence-corrected chi connectivity index (χ1v) is 9.54. The highest BCUT2D eigenvalue weighted by molar-refractivity contribution is 5.83. The van der Waals surface area contributed by atoms with Gasteiger partial charge in [-0.2, -0.15) is 10.4 Å². The molecule has 4 heterocycles. The van der Waals surface area contributed by atoms with Crippen LogP contribution in [0.5, 0.6) is 0 Å². The van der Waals surface area contributed by atoms with Crippen molar-refractivity contribution in [2.45, 2.75) is 12.6 Å². The number of rotatable bonds is 4. The molecule has 1 unspecified atom stereocenters. The van der Waals surface area contributed by atoms with Gasteiger partial charge < -0.3 is 10.8 Å². The Bertz CT molecular complexity index is 1270. The molecule has 1 aromatic carbocycles. The Balaban J connectivity index is 1.78. The van der Waals surface area contributed by atoms with Gasteiger partial charge in [0.25, 0.3) is 0 Å². The number of aliphatic hydroxyl groups excluding tert-OH is 1. The van der Waals surface area contributed by atoms with Crippen LogP contribution in [-0.4, -0.2) is 47.7 Å². The lowest BCUT2D eigenvalue weighted by molar-refractivity contribution is -0.0394. The lowest BCUT2D eigenvalue weighted by atomic mass is 10.0. The minimum absolute atomic E-state index is 0.278. The molecular formula is C21H18N8O. The number of nitriles is 1. The second-order valence-corrected chi connectivity index (χ2v) is 7.11.